The number of aryl methyl sites for hydroxylation is 2. The fourth-order valence-electron chi connectivity index (χ4n) is 2.97. The maximum Gasteiger partial charge on any atom is 0.330 e. The Labute approximate surface area is 157 Å². The van der Waals surface area contributed by atoms with E-state index in [-0.39, 0.29) is 11.8 Å². The number of hydrogen-bond acceptors (Lipinski definition) is 3. The fourth-order valence-corrected chi connectivity index (χ4v) is 2.97. The quantitative estimate of drug-likeness (QED) is 0.731. The zero-order chi connectivity index (χ0) is 19.6. The molecule has 0 aromatic heterocycles. The molecular weight excluding hydrogens is 344 g/mol. The highest BCUT2D eigenvalue weighted by atomic mass is 16.4. The van der Waals surface area contributed by atoms with Crippen LogP contribution >= 0.6 is 0 Å². The average Bonchev–Trinajstić information content (AvgIpc) is 3.44. The van der Waals surface area contributed by atoms with Crippen LogP contribution in [-0.2, 0) is 9.59 Å². The number of carboxylic acid groups (broad SMARTS) is 1. The lowest BCUT2D eigenvalue weighted by molar-refractivity contribution is -0.139. The van der Waals surface area contributed by atoms with Gasteiger partial charge in [-0.3, -0.25) is 9.59 Å². The summed E-state index contributed by atoms with van der Waals surface area (Å²) in [5.41, 5.74) is 3.34. The zero-order valence-electron chi connectivity index (χ0n) is 15.3. The van der Waals surface area contributed by atoms with Crippen molar-refractivity contribution < 1.29 is 19.5 Å². The zero-order valence-corrected chi connectivity index (χ0v) is 15.3. The molecule has 140 valence electrons. The molecular formula is C21H22N2O4. The summed E-state index contributed by atoms with van der Waals surface area (Å²) in [7, 11) is 0. The molecule has 1 atom stereocenters. The highest BCUT2D eigenvalue weighted by Gasteiger charge is 2.29. The lowest BCUT2D eigenvalue weighted by Crippen LogP contribution is -2.33. The highest BCUT2D eigenvalue weighted by Crippen LogP contribution is 2.30. The number of amides is 2. The fraction of sp³-hybridized carbons (Fsp3) is 0.286. The molecule has 2 aromatic rings. The highest BCUT2D eigenvalue weighted by molar-refractivity contribution is 5.98. The Morgan fingerprint density at radius 2 is 1.59 bits per heavy atom. The minimum absolute atomic E-state index is 0.00652. The molecule has 0 bridgehead atoms. The standard InChI is InChI=1S/C21H22N2O4/c1-12-9-13(2)11-16(10-12)18(21(26)27)23-20(25)15-5-7-17(8-6-15)22-19(24)14-3-4-14/h5-11,14,18H,3-4H2,1-2H3,(H,22,24)(H,23,25)(H,26,27). The molecule has 6 nitrogen and oxygen atoms in total. The Morgan fingerprint density at radius 1 is 1.00 bits per heavy atom. The van der Waals surface area contributed by atoms with Crippen molar-refractivity contribution in [3.05, 3.63) is 64.7 Å². The first kappa shape index (κ1) is 18.6. The van der Waals surface area contributed by atoms with Crippen LogP contribution in [0.15, 0.2) is 42.5 Å². The lowest BCUT2D eigenvalue weighted by Gasteiger charge is -2.16. The number of carbonyl (C=O) groups is 3. The SMILES string of the molecule is Cc1cc(C)cc(C(NC(=O)c2ccc(NC(=O)C3CC3)cc2)C(=O)O)c1. The van der Waals surface area contributed by atoms with E-state index in [0.717, 1.165) is 24.0 Å². The van der Waals surface area contributed by atoms with Gasteiger partial charge in [0.25, 0.3) is 5.91 Å². The molecule has 1 fully saturated rings. The number of carbonyl (C=O) groups excluding carboxylic acids is 2. The van der Waals surface area contributed by atoms with Crippen molar-refractivity contribution >= 4 is 23.5 Å². The summed E-state index contributed by atoms with van der Waals surface area (Å²) >= 11 is 0. The van der Waals surface area contributed by atoms with Gasteiger partial charge in [0.05, 0.1) is 0 Å². The van der Waals surface area contributed by atoms with E-state index in [1.54, 1.807) is 36.4 Å². The van der Waals surface area contributed by atoms with Gasteiger partial charge in [-0.05, 0) is 56.5 Å². The first-order chi connectivity index (χ1) is 12.8. The molecule has 1 unspecified atom stereocenters. The molecule has 27 heavy (non-hydrogen) atoms. The molecule has 1 aliphatic carbocycles. The van der Waals surface area contributed by atoms with Crippen LogP contribution in [0.4, 0.5) is 5.69 Å². The third-order valence-corrected chi connectivity index (χ3v) is 4.46. The Kier molecular flexibility index (Phi) is 5.26. The van der Waals surface area contributed by atoms with Crippen LogP contribution in [0.2, 0.25) is 0 Å². The van der Waals surface area contributed by atoms with Gasteiger partial charge in [0.15, 0.2) is 6.04 Å². The third-order valence-electron chi connectivity index (χ3n) is 4.46. The van der Waals surface area contributed by atoms with Crippen LogP contribution in [0.5, 0.6) is 0 Å². The van der Waals surface area contributed by atoms with Crippen LogP contribution in [0, 0.1) is 19.8 Å². The van der Waals surface area contributed by atoms with Crippen molar-refractivity contribution in [2.45, 2.75) is 32.7 Å². The van der Waals surface area contributed by atoms with Crippen molar-refractivity contribution in [2.75, 3.05) is 5.32 Å². The largest absolute Gasteiger partial charge is 0.479 e. The lowest BCUT2D eigenvalue weighted by atomic mass is 10.0. The molecule has 6 heteroatoms. The van der Waals surface area contributed by atoms with Gasteiger partial charge in [0.2, 0.25) is 5.91 Å². The number of hydrogen-bond donors (Lipinski definition) is 3. The Bertz CT molecular complexity index is 865. The van der Waals surface area contributed by atoms with Crippen LogP contribution in [0.3, 0.4) is 0 Å². The van der Waals surface area contributed by atoms with Crippen molar-refractivity contribution in [3.63, 3.8) is 0 Å². The molecule has 2 aromatic carbocycles. The summed E-state index contributed by atoms with van der Waals surface area (Å²) < 4.78 is 0. The van der Waals surface area contributed by atoms with Crippen LogP contribution in [-0.4, -0.2) is 22.9 Å². The van der Waals surface area contributed by atoms with E-state index in [1.165, 1.54) is 0 Å². The van der Waals surface area contributed by atoms with E-state index >= 15 is 0 Å². The number of carboxylic acids is 1. The van der Waals surface area contributed by atoms with Crippen LogP contribution < -0.4 is 10.6 Å². The first-order valence-corrected chi connectivity index (χ1v) is 8.86. The molecule has 1 saturated carbocycles. The third kappa shape index (κ3) is 4.73. The van der Waals surface area contributed by atoms with Crippen LogP contribution in [0.25, 0.3) is 0 Å². The maximum atomic E-state index is 12.5. The topological polar surface area (TPSA) is 95.5 Å². The van der Waals surface area contributed by atoms with Gasteiger partial charge in [-0.2, -0.15) is 0 Å². The number of aliphatic carboxylic acids is 1. The minimum atomic E-state index is -1.13. The maximum absolute atomic E-state index is 12.5. The van der Waals surface area contributed by atoms with Gasteiger partial charge >= 0.3 is 5.97 Å². The average molecular weight is 366 g/mol. The molecule has 0 radical (unpaired) electrons. The number of rotatable bonds is 6. The van der Waals surface area contributed by atoms with E-state index in [0.29, 0.717) is 16.8 Å². The second kappa shape index (κ2) is 7.61. The predicted molar refractivity (Wildman–Crippen MR) is 102 cm³/mol. The summed E-state index contributed by atoms with van der Waals surface area (Å²) in [5, 5.41) is 14.9. The molecule has 0 aliphatic heterocycles. The summed E-state index contributed by atoms with van der Waals surface area (Å²) in [6.45, 7) is 3.76. The predicted octanol–water partition coefficient (Wildman–Crippen LogP) is 3.21. The van der Waals surface area contributed by atoms with Gasteiger partial charge in [-0.25, -0.2) is 4.79 Å². The first-order valence-electron chi connectivity index (χ1n) is 8.86. The molecule has 0 heterocycles. The van der Waals surface area contributed by atoms with Crippen LogP contribution in [0.1, 0.15) is 45.9 Å². The van der Waals surface area contributed by atoms with Gasteiger partial charge < -0.3 is 15.7 Å². The number of benzene rings is 2. The van der Waals surface area contributed by atoms with E-state index in [2.05, 4.69) is 10.6 Å². The molecule has 2 amide bonds. The molecule has 0 saturated heterocycles. The van der Waals surface area contributed by atoms with Crippen molar-refractivity contribution in [2.24, 2.45) is 5.92 Å². The Balaban J connectivity index is 1.71. The molecule has 0 spiro atoms. The number of anilines is 1. The van der Waals surface area contributed by atoms with Gasteiger partial charge in [0, 0.05) is 17.2 Å². The normalized spacial score (nSPS) is 14.3. The number of nitrogens with one attached hydrogen (secondary N) is 2. The minimum Gasteiger partial charge on any atom is -0.479 e. The Morgan fingerprint density at radius 3 is 2.11 bits per heavy atom. The molecule has 1 aliphatic rings. The summed E-state index contributed by atoms with van der Waals surface area (Å²) in [6.07, 6.45) is 1.84. The van der Waals surface area contributed by atoms with Gasteiger partial charge in [0.1, 0.15) is 0 Å². The molecule has 3 rings (SSSR count). The molecule has 3 N–H and O–H groups in total. The van der Waals surface area contributed by atoms with E-state index in [4.69, 9.17) is 0 Å². The Hall–Kier alpha value is -3.15. The smallest absolute Gasteiger partial charge is 0.330 e. The summed E-state index contributed by atoms with van der Waals surface area (Å²) in [4.78, 5) is 35.9. The monoisotopic (exact) mass is 366 g/mol. The van der Waals surface area contributed by atoms with E-state index in [9.17, 15) is 19.5 Å². The van der Waals surface area contributed by atoms with Crippen molar-refractivity contribution in [1.29, 1.82) is 0 Å². The van der Waals surface area contributed by atoms with Crippen molar-refractivity contribution in [1.82, 2.24) is 5.32 Å². The van der Waals surface area contributed by atoms with E-state index < -0.39 is 17.9 Å². The van der Waals surface area contributed by atoms with Gasteiger partial charge in [-0.15, -0.1) is 0 Å². The summed E-state index contributed by atoms with van der Waals surface area (Å²) in [5.74, 6) is -1.52. The second-order valence-electron chi connectivity index (χ2n) is 7.01. The van der Waals surface area contributed by atoms with E-state index in [1.807, 2.05) is 19.9 Å². The second-order valence-corrected chi connectivity index (χ2v) is 7.01. The summed E-state index contributed by atoms with van der Waals surface area (Å²) in [6, 6.07) is 10.7. The van der Waals surface area contributed by atoms with Gasteiger partial charge in [-0.1, -0.05) is 29.3 Å². The van der Waals surface area contributed by atoms with Crippen molar-refractivity contribution in [3.8, 4) is 0 Å².